The maximum atomic E-state index is 14.0. The zero-order chi connectivity index (χ0) is 25.5. The fourth-order valence-electron chi connectivity index (χ4n) is 5.14. The van der Waals surface area contributed by atoms with Gasteiger partial charge in [-0.2, -0.15) is 0 Å². The van der Waals surface area contributed by atoms with Crippen LogP contribution in [0.25, 0.3) is 0 Å². The van der Waals surface area contributed by atoms with E-state index in [1.807, 2.05) is 98.8 Å². The zero-order valence-corrected chi connectivity index (χ0v) is 20.8. The van der Waals surface area contributed by atoms with Crippen molar-refractivity contribution in [2.45, 2.75) is 51.9 Å². The summed E-state index contributed by atoms with van der Waals surface area (Å²) in [6, 6.07) is 18.9. The van der Waals surface area contributed by atoms with Gasteiger partial charge in [-0.1, -0.05) is 98.8 Å². The van der Waals surface area contributed by atoms with Gasteiger partial charge in [-0.05, 0) is 36.3 Å². The largest absolute Gasteiger partial charge is 0.459 e. The Kier molecular flexibility index (Phi) is 8.16. The Morgan fingerprint density at radius 3 is 2.28 bits per heavy atom. The third-order valence-electron chi connectivity index (χ3n) is 7.32. The number of hydrogen-bond acceptors (Lipinski definition) is 5. The molecule has 0 aromatic heterocycles. The highest BCUT2D eigenvalue weighted by atomic mass is 16.6. The van der Waals surface area contributed by atoms with Gasteiger partial charge in [0.2, 0.25) is 11.8 Å². The molecule has 0 bridgehead atoms. The molecule has 0 radical (unpaired) electrons. The summed E-state index contributed by atoms with van der Waals surface area (Å²) in [6.45, 7) is 3.63. The van der Waals surface area contributed by atoms with Gasteiger partial charge in [0.25, 0.3) is 0 Å². The highest BCUT2D eigenvalue weighted by Crippen LogP contribution is 2.48. The van der Waals surface area contributed by atoms with Crippen LogP contribution >= 0.6 is 0 Å². The van der Waals surface area contributed by atoms with Crippen molar-refractivity contribution in [1.82, 2.24) is 4.90 Å². The van der Waals surface area contributed by atoms with E-state index in [-0.39, 0.29) is 30.9 Å². The molecule has 0 N–H and O–H groups in total. The van der Waals surface area contributed by atoms with Crippen molar-refractivity contribution in [1.29, 1.82) is 0 Å². The number of hydrogen-bond donors (Lipinski definition) is 0. The number of nitrogens with zero attached hydrogens (tertiary/aromatic N) is 1. The van der Waals surface area contributed by atoms with Gasteiger partial charge in [0.1, 0.15) is 13.2 Å². The number of imide groups is 1. The molecule has 2 aromatic rings. The lowest BCUT2D eigenvalue weighted by atomic mass is 9.70. The van der Waals surface area contributed by atoms with E-state index in [0.29, 0.717) is 19.3 Å². The number of likely N-dealkylation sites (tertiary alicyclic amines) is 1. The molecule has 1 heterocycles. The molecule has 1 fully saturated rings. The molecule has 4 rings (SSSR count). The van der Waals surface area contributed by atoms with Crippen molar-refractivity contribution >= 4 is 17.8 Å². The van der Waals surface area contributed by atoms with Crippen LogP contribution in [-0.2, 0) is 30.5 Å². The third kappa shape index (κ3) is 5.05. The molecule has 0 saturated carbocycles. The molecule has 6 heteroatoms. The van der Waals surface area contributed by atoms with E-state index < -0.39 is 23.5 Å². The minimum atomic E-state index is -0.834. The molecule has 0 spiro atoms. The summed E-state index contributed by atoms with van der Waals surface area (Å²) in [5.74, 6) is -1.67. The predicted molar refractivity (Wildman–Crippen MR) is 136 cm³/mol. The Bertz CT molecular complexity index is 1120. The van der Waals surface area contributed by atoms with Crippen molar-refractivity contribution < 1.29 is 23.9 Å². The van der Waals surface area contributed by atoms with Gasteiger partial charge in [0.05, 0.1) is 11.3 Å². The summed E-state index contributed by atoms with van der Waals surface area (Å²) in [5.41, 5.74) is 0.892. The highest BCUT2D eigenvalue weighted by Gasteiger charge is 2.62. The van der Waals surface area contributed by atoms with Crippen molar-refractivity contribution in [3.8, 4) is 0 Å². The topological polar surface area (TPSA) is 72.9 Å². The molecule has 1 aliphatic heterocycles. The highest BCUT2D eigenvalue weighted by molar-refractivity contribution is 6.06. The van der Waals surface area contributed by atoms with Crippen LogP contribution < -0.4 is 0 Å². The first kappa shape index (κ1) is 25.6. The fraction of sp³-hybridized carbons (Fsp3) is 0.367. The minimum Gasteiger partial charge on any atom is -0.459 e. The Hall–Kier alpha value is -3.51. The summed E-state index contributed by atoms with van der Waals surface area (Å²) >= 11 is 0. The van der Waals surface area contributed by atoms with Crippen LogP contribution in [0.5, 0.6) is 0 Å². The number of rotatable bonds is 10. The van der Waals surface area contributed by atoms with Crippen molar-refractivity contribution in [2.24, 2.45) is 11.3 Å². The van der Waals surface area contributed by atoms with Crippen LogP contribution in [0.2, 0.25) is 0 Å². The Morgan fingerprint density at radius 1 is 1.00 bits per heavy atom. The molecular formula is C30H33NO5. The van der Waals surface area contributed by atoms with E-state index in [9.17, 15) is 14.4 Å². The second-order valence-electron chi connectivity index (χ2n) is 9.29. The van der Waals surface area contributed by atoms with E-state index in [0.717, 1.165) is 11.1 Å². The molecule has 36 heavy (non-hydrogen) atoms. The lowest BCUT2D eigenvalue weighted by molar-refractivity contribution is -0.226. The van der Waals surface area contributed by atoms with Gasteiger partial charge in [0.15, 0.2) is 6.23 Å². The molecule has 6 nitrogen and oxygen atoms in total. The lowest BCUT2D eigenvalue weighted by Crippen LogP contribution is -2.72. The first-order valence-corrected chi connectivity index (χ1v) is 12.6. The van der Waals surface area contributed by atoms with Crippen LogP contribution in [0, 0.1) is 11.3 Å². The average Bonchev–Trinajstić information content (AvgIpc) is 2.92. The number of esters is 1. The molecule has 3 atom stereocenters. The Balaban J connectivity index is 1.52. The molecular weight excluding hydrogens is 454 g/mol. The molecule has 3 unspecified atom stereocenters. The van der Waals surface area contributed by atoms with Gasteiger partial charge in [0, 0.05) is 0 Å². The van der Waals surface area contributed by atoms with Crippen LogP contribution in [0.4, 0.5) is 0 Å². The summed E-state index contributed by atoms with van der Waals surface area (Å²) < 4.78 is 11.3. The summed E-state index contributed by atoms with van der Waals surface area (Å²) in [7, 11) is 0. The number of β-lactam (4-membered cyclic amide) rings is 1. The number of allylic oxidation sites excluding steroid dienone is 4. The molecule has 2 aromatic carbocycles. The van der Waals surface area contributed by atoms with Crippen LogP contribution in [0.3, 0.4) is 0 Å². The standard InChI is InChI=1S/C30H33NO5/c1-3-30(4-2)28(34)31(29(30)36-21-25(32)35-20-22-14-8-5-9-15-22)27(33)26(23-16-10-6-11-17-23)24-18-12-7-13-19-24/h5-18,24,26,29H,3-4,19-21H2,1-2H3. The van der Waals surface area contributed by atoms with Gasteiger partial charge in [-0.25, -0.2) is 4.79 Å². The van der Waals surface area contributed by atoms with E-state index in [4.69, 9.17) is 9.47 Å². The summed E-state index contributed by atoms with van der Waals surface area (Å²) in [6.07, 6.45) is 8.86. The molecule has 2 aliphatic rings. The number of amides is 2. The van der Waals surface area contributed by atoms with E-state index in [2.05, 4.69) is 0 Å². The SMILES string of the molecule is CCC1(CC)C(=O)N(C(=O)C(c2ccccc2)C2C=CC=CC2)C1OCC(=O)OCc1ccccc1. The van der Waals surface area contributed by atoms with Gasteiger partial charge in [-0.15, -0.1) is 0 Å². The van der Waals surface area contributed by atoms with Crippen LogP contribution in [0.15, 0.2) is 85.0 Å². The maximum absolute atomic E-state index is 14.0. The third-order valence-corrected chi connectivity index (χ3v) is 7.32. The normalized spacial score (nSPS) is 21.1. The molecule has 1 aliphatic carbocycles. The van der Waals surface area contributed by atoms with Gasteiger partial charge < -0.3 is 9.47 Å². The molecule has 188 valence electrons. The zero-order valence-electron chi connectivity index (χ0n) is 20.8. The second kappa shape index (κ2) is 11.5. The first-order chi connectivity index (χ1) is 17.5. The Morgan fingerprint density at radius 2 is 1.67 bits per heavy atom. The summed E-state index contributed by atoms with van der Waals surface area (Å²) in [5, 5.41) is 0. The molecule has 1 saturated heterocycles. The van der Waals surface area contributed by atoms with Crippen LogP contribution in [0.1, 0.15) is 50.2 Å². The second-order valence-corrected chi connectivity index (χ2v) is 9.29. The monoisotopic (exact) mass is 487 g/mol. The van der Waals surface area contributed by atoms with Gasteiger partial charge in [-0.3, -0.25) is 14.5 Å². The lowest BCUT2D eigenvalue weighted by Gasteiger charge is -2.54. The smallest absolute Gasteiger partial charge is 0.332 e. The van der Waals surface area contributed by atoms with Crippen molar-refractivity contribution in [3.05, 3.63) is 96.1 Å². The first-order valence-electron chi connectivity index (χ1n) is 12.6. The number of ether oxygens (including phenoxy) is 2. The fourth-order valence-corrected chi connectivity index (χ4v) is 5.14. The number of carbonyl (C=O) groups is 3. The minimum absolute atomic E-state index is 0.0764. The molecule has 2 amide bonds. The predicted octanol–water partition coefficient (Wildman–Crippen LogP) is 5.16. The van der Waals surface area contributed by atoms with E-state index in [1.54, 1.807) is 0 Å². The van der Waals surface area contributed by atoms with Crippen LogP contribution in [-0.4, -0.2) is 35.5 Å². The van der Waals surface area contributed by atoms with Crippen molar-refractivity contribution in [2.75, 3.05) is 6.61 Å². The summed E-state index contributed by atoms with van der Waals surface area (Å²) in [4.78, 5) is 41.1. The average molecular weight is 488 g/mol. The van der Waals surface area contributed by atoms with E-state index >= 15 is 0 Å². The van der Waals surface area contributed by atoms with E-state index in [1.165, 1.54) is 4.90 Å². The maximum Gasteiger partial charge on any atom is 0.332 e. The quantitative estimate of drug-likeness (QED) is 0.342. The van der Waals surface area contributed by atoms with Gasteiger partial charge >= 0.3 is 5.97 Å². The number of carbonyl (C=O) groups excluding carboxylic acids is 3. The number of benzene rings is 2. The van der Waals surface area contributed by atoms with Crippen molar-refractivity contribution in [3.63, 3.8) is 0 Å². The Labute approximate surface area is 212 Å².